The average Bonchev–Trinajstić information content (AvgIpc) is 2.93. The van der Waals surface area contributed by atoms with Crippen LogP contribution in [0.15, 0.2) is 0 Å². The molecule has 0 heterocycles. The monoisotopic (exact) mass is 282 g/mol. The summed E-state index contributed by atoms with van der Waals surface area (Å²) in [6, 6.07) is 0.398. The van der Waals surface area contributed by atoms with Gasteiger partial charge in [-0.2, -0.15) is 0 Å². The fourth-order valence-corrected chi connectivity index (χ4v) is 3.84. The highest BCUT2D eigenvalue weighted by atomic mass is 16.5. The van der Waals surface area contributed by atoms with E-state index in [9.17, 15) is 4.79 Å². The van der Waals surface area contributed by atoms with Gasteiger partial charge in [-0.25, -0.2) is 0 Å². The van der Waals surface area contributed by atoms with E-state index in [4.69, 9.17) is 10.5 Å². The fraction of sp³-hybridized carbons (Fsp3) is 0.938. The predicted octanol–water partition coefficient (Wildman–Crippen LogP) is 2.31. The standard InChI is InChI=1S/C16H30N2O2/c1-5-18(12-9-7-8-10-12)14(19)16(17)11-13(20-6-2)15(16,3)4/h12-13H,5-11,17H2,1-4H3. The van der Waals surface area contributed by atoms with Gasteiger partial charge in [-0.15, -0.1) is 0 Å². The van der Waals surface area contributed by atoms with Gasteiger partial charge in [0, 0.05) is 31.0 Å². The lowest BCUT2D eigenvalue weighted by Crippen LogP contribution is -2.76. The van der Waals surface area contributed by atoms with Crippen LogP contribution in [-0.4, -0.2) is 41.6 Å². The molecule has 0 aromatic rings. The number of nitrogens with two attached hydrogens (primary N) is 1. The third-order valence-electron chi connectivity index (χ3n) is 5.58. The molecular weight excluding hydrogens is 252 g/mol. The van der Waals surface area contributed by atoms with E-state index in [0.717, 1.165) is 19.4 Å². The molecule has 20 heavy (non-hydrogen) atoms. The summed E-state index contributed by atoms with van der Waals surface area (Å²) in [4.78, 5) is 15.0. The second kappa shape index (κ2) is 5.64. The van der Waals surface area contributed by atoms with Gasteiger partial charge in [-0.1, -0.05) is 26.7 Å². The van der Waals surface area contributed by atoms with Gasteiger partial charge in [-0.05, 0) is 26.7 Å². The van der Waals surface area contributed by atoms with Crippen molar-refractivity contribution in [2.24, 2.45) is 11.1 Å². The van der Waals surface area contributed by atoms with Crippen LogP contribution in [0, 0.1) is 5.41 Å². The first-order valence-corrected chi connectivity index (χ1v) is 8.10. The molecule has 0 aliphatic heterocycles. The molecule has 0 aromatic carbocycles. The lowest BCUT2D eigenvalue weighted by atomic mass is 9.54. The molecule has 0 spiro atoms. The summed E-state index contributed by atoms with van der Waals surface area (Å²) in [7, 11) is 0. The van der Waals surface area contributed by atoms with E-state index >= 15 is 0 Å². The summed E-state index contributed by atoms with van der Waals surface area (Å²) < 4.78 is 5.73. The van der Waals surface area contributed by atoms with Gasteiger partial charge in [0.05, 0.1) is 6.10 Å². The van der Waals surface area contributed by atoms with Gasteiger partial charge in [0.1, 0.15) is 5.54 Å². The number of carbonyl (C=O) groups is 1. The van der Waals surface area contributed by atoms with Crippen molar-refractivity contribution in [2.75, 3.05) is 13.2 Å². The van der Waals surface area contributed by atoms with Gasteiger partial charge < -0.3 is 15.4 Å². The Bertz CT molecular complexity index is 363. The van der Waals surface area contributed by atoms with Crippen molar-refractivity contribution in [3.8, 4) is 0 Å². The average molecular weight is 282 g/mol. The van der Waals surface area contributed by atoms with Gasteiger partial charge >= 0.3 is 0 Å². The van der Waals surface area contributed by atoms with Crippen molar-refractivity contribution >= 4 is 5.91 Å². The van der Waals surface area contributed by atoms with Crippen molar-refractivity contribution in [3.05, 3.63) is 0 Å². The summed E-state index contributed by atoms with van der Waals surface area (Å²) in [5, 5.41) is 0. The third-order valence-corrected chi connectivity index (χ3v) is 5.58. The largest absolute Gasteiger partial charge is 0.378 e. The SMILES string of the molecule is CCOC1CC(N)(C(=O)N(CC)C2CCCC2)C1(C)C. The second-order valence-corrected chi connectivity index (χ2v) is 6.87. The van der Waals surface area contributed by atoms with E-state index in [1.807, 2.05) is 11.8 Å². The Hall–Kier alpha value is -0.610. The van der Waals surface area contributed by atoms with Crippen LogP contribution in [0.2, 0.25) is 0 Å². The first kappa shape index (κ1) is 15.8. The first-order valence-electron chi connectivity index (χ1n) is 8.10. The third kappa shape index (κ3) is 2.27. The van der Waals surface area contributed by atoms with E-state index in [0.29, 0.717) is 19.1 Å². The van der Waals surface area contributed by atoms with Crippen molar-refractivity contribution in [1.29, 1.82) is 0 Å². The van der Waals surface area contributed by atoms with E-state index < -0.39 is 5.54 Å². The van der Waals surface area contributed by atoms with Crippen LogP contribution in [0.5, 0.6) is 0 Å². The minimum atomic E-state index is -0.758. The van der Waals surface area contributed by atoms with Gasteiger partial charge in [-0.3, -0.25) is 4.79 Å². The highest BCUT2D eigenvalue weighted by Crippen LogP contribution is 2.51. The molecule has 4 heteroatoms. The molecule has 2 aliphatic carbocycles. The number of hydrogen-bond acceptors (Lipinski definition) is 3. The molecule has 2 unspecified atom stereocenters. The van der Waals surface area contributed by atoms with Crippen molar-refractivity contribution in [1.82, 2.24) is 4.90 Å². The predicted molar refractivity (Wildman–Crippen MR) is 80.4 cm³/mol. The topological polar surface area (TPSA) is 55.6 Å². The molecule has 4 nitrogen and oxygen atoms in total. The maximum Gasteiger partial charge on any atom is 0.243 e. The molecule has 2 atom stereocenters. The number of rotatable bonds is 5. The van der Waals surface area contributed by atoms with E-state index in [1.54, 1.807) is 0 Å². The molecule has 2 fully saturated rings. The molecule has 2 rings (SSSR count). The molecule has 0 saturated heterocycles. The van der Waals surface area contributed by atoms with E-state index in [-0.39, 0.29) is 17.4 Å². The fourth-order valence-electron chi connectivity index (χ4n) is 3.84. The van der Waals surface area contributed by atoms with Crippen LogP contribution in [0.1, 0.15) is 59.8 Å². The molecule has 0 aromatic heterocycles. The van der Waals surface area contributed by atoms with Crippen molar-refractivity contribution in [3.63, 3.8) is 0 Å². The summed E-state index contributed by atoms with van der Waals surface area (Å²) in [6.07, 6.45) is 5.48. The van der Waals surface area contributed by atoms with Crippen molar-refractivity contribution in [2.45, 2.75) is 77.5 Å². The number of carbonyl (C=O) groups excluding carboxylic acids is 1. The zero-order chi connectivity index (χ0) is 15.0. The van der Waals surface area contributed by atoms with Crippen LogP contribution in [0.25, 0.3) is 0 Å². The quantitative estimate of drug-likeness (QED) is 0.842. The number of amides is 1. The molecular formula is C16H30N2O2. The van der Waals surface area contributed by atoms with Gasteiger partial charge in [0.25, 0.3) is 0 Å². The Labute approximate surface area is 123 Å². The molecule has 0 radical (unpaired) electrons. The highest BCUT2D eigenvalue weighted by Gasteiger charge is 2.64. The van der Waals surface area contributed by atoms with E-state index in [1.165, 1.54) is 12.8 Å². The Kier molecular flexibility index (Phi) is 4.45. The summed E-state index contributed by atoms with van der Waals surface area (Å²) in [6.45, 7) is 9.63. The number of nitrogens with zero attached hydrogens (tertiary/aromatic N) is 1. The highest BCUT2D eigenvalue weighted by molar-refractivity contribution is 5.89. The van der Waals surface area contributed by atoms with Crippen LogP contribution >= 0.6 is 0 Å². The maximum absolute atomic E-state index is 13.0. The maximum atomic E-state index is 13.0. The van der Waals surface area contributed by atoms with Crippen LogP contribution < -0.4 is 5.73 Å². The van der Waals surface area contributed by atoms with Gasteiger partial charge in [0.15, 0.2) is 0 Å². The minimum absolute atomic E-state index is 0.101. The van der Waals surface area contributed by atoms with Crippen LogP contribution in [-0.2, 0) is 9.53 Å². The molecule has 1 amide bonds. The molecule has 0 bridgehead atoms. The van der Waals surface area contributed by atoms with Crippen molar-refractivity contribution < 1.29 is 9.53 Å². The zero-order valence-corrected chi connectivity index (χ0v) is 13.4. The smallest absolute Gasteiger partial charge is 0.243 e. The Balaban J connectivity index is 2.11. The Morgan fingerprint density at radius 1 is 1.30 bits per heavy atom. The minimum Gasteiger partial charge on any atom is -0.378 e. The van der Waals surface area contributed by atoms with Gasteiger partial charge in [0.2, 0.25) is 5.91 Å². The Morgan fingerprint density at radius 2 is 1.90 bits per heavy atom. The summed E-state index contributed by atoms with van der Waals surface area (Å²) >= 11 is 0. The number of likely N-dealkylation sites (N-methyl/N-ethyl adjacent to an activating group) is 1. The summed E-state index contributed by atoms with van der Waals surface area (Å²) in [5.41, 5.74) is 5.47. The molecule has 2 saturated carbocycles. The zero-order valence-electron chi connectivity index (χ0n) is 13.4. The summed E-state index contributed by atoms with van der Waals surface area (Å²) in [5.74, 6) is 0.132. The molecule has 2 N–H and O–H groups in total. The molecule has 2 aliphatic rings. The lowest BCUT2D eigenvalue weighted by molar-refractivity contribution is -0.180. The first-order chi connectivity index (χ1) is 9.38. The lowest BCUT2D eigenvalue weighted by Gasteiger charge is -2.59. The van der Waals surface area contributed by atoms with E-state index in [2.05, 4.69) is 20.8 Å². The molecule has 116 valence electrons. The second-order valence-electron chi connectivity index (χ2n) is 6.87. The van der Waals surface area contributed by atoms with Crippen LogP contribution in [0.4, 0.5) is 0 Å². The normalized spacial score (nSPS) is 33.0. The Morgan fingerprint density at radius 3 is 2.35 bits per heavy atom. The number of hydrogen-bond donors (Lipinski definition) is 1. The van der Waals surface area contributed by atoms with Crippen LogP contribution in [0.3, 0.4) is 0 Å². The number of ether oxygens (including phenoxy) is 1.